The summed E-state index contributed by atoms with van der Waals surface area (Å²) in [7, 11) is -1.82. The van der Waals surface area contributed by atoms with Gasteiger partial charge in [-0.2, -0.15) is 4.31 Å². The Morgan fingerprint density at radius 1 is 1.15 bits per heavy atom. The standard InChI is InChI=1S/C19H22N2O4S/c1-25-18-8-7-17-14-21(11-9-16(17)13-18)26(23,24)12-10-20-19(22)15-5-3-2-4-6-15/h2-8,13H,9-12,14H2,1H3,(H,20,22). The highest BCUT2D eigenvalue weighted by Crippen LogP contribution is 2.25. The Hall–Kier alpha value is -2.38. The van der Waals surface area contributed by atoms with Crippen molar-refractivity contribution in [2.75, 3.05) is 26.0 Å². The summed E-state index contributed by atoms with van der Waals surface area (Å²) in [4.78, 5) is 12.0. The molecule has 0 radical (unpaired) electrons. The number of sulfonamides is 1. The third-order valence-corrected chi connectivity index (χ3v) is 6.28. The van der Waals surface area contributed by atoms with E-state index < -0.39 is 10.0 Å². The Morgan fingerprint density at radius 2 is 1.92 bits per heavy atom. The number of benzene rings is 2. The SMILES string of the molecule is COc1ccc2c(c1)CCN(S(=O)(=O)CCNC(=O)c1ccccc1)C2. The summed E-state index contributed by atoms with van der Waals surface area (Å²) in [6, 6.07) is 14.5. The van der Waals surface area contributed by atoms with Gasteiger partial charge in [0.1, 0.15) is 5.75 Å². The van der Waals surface area contributed by atoms with Crippen molar-refractivity contribution in [2.45, 2.75) is 13.0 Å². The van der Waals surface area contributed by atoms with Crippen LogP contribution in [0.4, 0.5) is 0 Å². The van der Waals surface area contributed by atoms with Gasteiger partial charge in [-0.3, -0.25) is 4.79 Å². The molecule has 7 heteroatoms. The van der Waals surface area contributed by atoms with E-state index >= 15 is 0 Å². The zero-order valence-electron chi connectivity index (χ0n) is 14.6. The number of nitrogens with zero attached hydrogens (tertiary/aromatic N) is 1. The molecule has 0 fully saturated rings. The first-order valence-electron chi connectivity index (χ1n) is 8.46. The molecule has 0 unspecified atom stereocenters. The summed E-state index contributed by atoms with van der Waals surface area (Å²) in [5.41, 5.74) is 2.63. The number of amides is 1. The van der Waals surface area contributed by atoms with Gasteiger partial charge in [-0.1, -0.05) is 24.3 Å². The molecule has 1 aliphatic heterocycles. The first-order chi connectivity index (χ1) is 12.5. The van der Waals surface area contributed by atoms with Gasteiger partial charge in [0.2, 0.25) is 10.0 Å². The molecule has 0 aromatic heterocycles. The fourth-order valence-corrected chi connectivity index (χ4v) is 4.31. The van der Waals surface area contributed by atoms with Crippen molar-refractivity contribution in [3.05, 3.63) is 65.2 Å². The zero-order valence-corrected chi connectivity index (χ0v) is 15.5. The quantitative estimate of drug-likeness (QED) is 0.837. The second-order valence-corrected chi connectivity index (χ2v) is 8.24. The summed E-state index contributed by atoms with van der Waals surface area (Å²) < 4.78 is 31.9. The number of carbonyl (C=O) groups excluding carboxylic acids is 1. The van der Waals surface area contributed by atoms with E-state index in [1.54, 1.807) is 31.4 Å². The first kappa shape index (κ1) is 18.4. The number of carbonyl (C=O) groups is 1. The summed E-state index contributed by atoms with van der Waals surface area (Å²) in [6.07, 6.45) is 0.655. The molecule has 2 aromatic carbocycles. The summed E-state index contributed by atoms with van der Waals surface area (Å²) >= 11 is 0. The lowest BCUT2D eigenvalue weighted by Gasteiger charge is -2.28. The number of ether oxygens (including phenoxy) is 1. The van der Waals surface area contributed by atoms with Gasteiger partial charge in [0.05, 0.1) is 12.9 Å². The van der Waals surface area contributed by atoms with Crippen molar-refractivity contribution >= 4 is 15.9 Å². The van der Waals surface area contributed by atoms with Gasteiger partial charge in [0.15, 0.2) is 0 Å². The Morgan fingerprint density at radius 3 is 2.65 bits per heavy atom. The van der Waals surface area contributed by atoms with Crippen molar-refractivity contribution < 1.29 is 17.9 Å². The number of hydrogen-bond donors (Lipinski definition) is 1. The summed E-state index contributed by atoms with van der Waals surface area (Å²) in [5.74, 6) is 0.400. The van der Waals surface area contributed by atoms with Crippen molar-refractivity contribution in [1.82, 2.24) is 9.62 Å². The minimum Gasteiger partial charge on any atom is -0.497 e. The average Bonchev–Trinajstić information content (AvgIpc) is 2.67. The fraction of sp³-hybridized carbons (Fsp3) is 0.316. The highest BCUT2D eigenvalue weighted by Gasteiger charge is 2.26. The van der Waals surface area contributed by atoms with Crippen LogP contribution in [-0.4, -0.2) is 44.6 Å². The Balaban J connectivity index is 1.57. The van der Waals surface area contributed by atoms with Crippen LogP contribution in [0, 0.1) is 0 Å². The van der Waals surface area contributed by atoms with E-state index in [1.165, 1.54) is 4.31 Å². The third-order valence-electron chi connectivity index (χ3n) is 4.47. The molecule has 0 aliphatic carbocycles. The first-order valence-corrected chi connectivity index (χ1v) is 10.1. The van der Waals surface area contributed by atoms with Gasteiger partial charge in [-0.15, -0.1) is 0 Å². The summed E-state index contributed by atoms with van der Waals surface area (Å²) in [5, 5.41) is 2.67. The minimum absolute atomic E-state index is 0.0853. The smallest absolute Gasteiger partial charge is 0.251 e. The fourth-order valence-electron chi connectivity index (χ4n) is 2.98. The molecule has 3 rings (SSSR count). The maximum absolute atomic E-state index is 12.6. The molecule has 138 valence electrons. The number of rotatable bonds is 6. The zero-order chi connectivity index (χ0) is 18.6. The van der Waals surface area contributed by atoms with Crippen molar-refractivity contribution in [1.29, 1.82) is 0 Å². The molecule has 2 aromatic rings. The van der Waals surface area contributed by atoms with Gasteiger partial charge in [-0.25, -0.2) is 8.42 Å². The molecule has 6 nitrogen and oxygen atoms in total. The highest BCUT2D eigenvalue weighted by molar-refractivity contribution is 7.89. The third kappa shape index (κ3) is 4.23. The van der Waals surface area contributed by atoms with Crippen LogP contribution in [0.5, 0.6) is 5.75 Å². The lowest BCUT2D eigenvalue weighted by molar-refractivity contribution is 0.0956. The second-order valence-electron chi connectivity index (χ2n) is 6.16. The monoisotopic (exact) mass is 374 g/mol. The molecular weight excluding hydrogens is 352 g/mol. The van der Waals surface area contributed by atoms with Gasteiger partial charge >= 0.3 is 0 Å². The number of methoxy groups -OCH3 is 1. The van der Waals surface area contributed by atoms with Crippen molar-refractivity contribution in [3.8, 4) is 5.75 Å². The molecule has 0 saturated carbocycles. The van der Waals surface area contributed by atoms with E-state index in [2.05, 4.69) is 5.32 Å². The van der Waals surface area contributed by atoms with Crippen LogP contribution >= 0.6 is 0 Å². The predicted octanol–water partition coefficient (Wildman–Crippen LogP) is 1.81. The normalized spacial score (nSPS) is 14.5. The lowest BCUT2D eigenvalue weighted by Crippen LogP contribution is -2.40. The minimum atomic E-state index is -3.43. The van der Waals surface area contributed by atoms with Gasteiger partial charge in [0.25, 0.3) is 5.91 Å². The Labute approximate surface area is 153 Å². The predicted molar refractivity (Wildman–Crippen MR) is 99.7 cm³/mol. The molecule has 1 amide bonds. The molecular formula is C19H22N2O4S. The molecule has 26 heavy (non-hydrogen) atoms. The van der Waals surface area contributed by atoms with E-state index in [0.29, 0.717) is 25.1 Å². The van der Waals surface area contributed by atoms with E-state index in [4.69, 9.17) is 4.74 Å². The van der Waals surface area contributed by atoms with E-state index in [0.717, 1.165) is 16.9 Å². The second kappa shape index (κ2) is 7.88. The number of nitrogens with one attached hydrogen (secondary N) is 1. The maximum Gasteiger partial charge on any atom is 0.251 e. The topological polar surface area (TPSA) is 75.7 Å². The molecule has 1 heterocycles. The summed E-state index contributed by atoms with van der Waals surface area (Å²) in [6.45, 7) is 0.880. The van der Waals surface area contributed by atoms with Crippen LogP contribution in [0.15, 0.2) is 48.5 Å². The highest BCUT2D eigenvalue weighted by atomic mass is 32.2. The van der Waals surface area contributed by atoms with E-state index in [1.807, 2.05) is 24.3 Å². The van der Waals surface area contributed by atoms with Gasteiger partial charge in [-0.05, 0) is 41.8 Å². The van der Waals surface area contributed by atoms with Crippen molar-refractivity contribution in [2.24, 2.45) is 0 Å². The van der Waals surface area contributed by atoms with Gasteiger partial charge in [0, 0.05) is 25.2 Å². The average molecular weight is 374 g/mol. The van der Waals surface area contributed by atoms with Crippen LogP contribution in [0.1, 0.15) is 21.5 Å². The lowest BCUT2D eigenvalue weighted by atomic mass is 10.0. The van der Waals surface area contributed by atoms with Gasteiger partial charge < -0.3 is 10.1 Å². The Bertz CT molecular complexity index is 882. The molecule has 0 spiro atoms. The van der Waals surface area contributed by atoms with E-state index in [9.17, 15) is 13.2 Å². The molecule has 1 aliphatic rings. The molecule has 0 bridgehead atoms. The molecule has 0 saturated heterocycles. The van der Waals surface area contributed by atoms with Crippen LogP contribution in [0.2, 0.25) is 0 Å². The molecule has 0 atom stereocenters. The Kier molecular flexibility index (Phi) is 5.58. The number of hydrogen-bond acceptors (Lipinski definition) is 4. The van der Waals surface area contributed by atoms with Crippen LogP contribution < -0.4 is 10.1 Å². The molecule has 1 N–H and O–H groups in total. The van der Waals surface area contributed by atoms with Crippen molar-refractivity contribution in [3.63, 3.8) is 0 Å². The van der Waals surface area contributed by atoms with Crippen LogP contribution in [0.3, 0.4) is 0 Å². The van der Waals surface area contributed by atoms with E-state index in [-0.39, 0.29) is 18.2 Å². The number of fused-ring (bicyclic) bond motifs is 1. The maximum atomic E-state index is 12.6. The van der Waals surface area contributed by atoms with Crippen LogP contribution in [-0.2, 0) is 23.0 Å². The largest absolute Gasteiger partial charge is 0.497 e. The van der Waals surface area contributed by atoms with Crippen LogP contribution in [0.25, 0.3) is 0 Å².